The van der Waals surface area contributed by atoms with Crippen molar-refractivity contribution >= 4 is 32.4 Å². The van der Waals surface area contributed by atoms with Gasteiger partial charge in [0.15, 0.2) is 0 Å². The number of hydrogen-bond donors (Lipinski definition) is 0. The summed E-state index contributed by atoms with van der Waals surface area (Å²) in [5, 5.41) is -0.101. The average Bonchev–Trinajstić information content (AvgIpc) is 2.28. The van der Waals surface area contributed by atoms with Gasteiger partial charge in [-0.25, -0.2) is 18.4 Å². The van der Waals surface area contributed by atoms with Crippen LogP contribution in [0.5, 0.6) is 0 Å². The summed E-state index contributed by atoms with van der Waals surface area (Å²) in [6.07, 6.45) is 0. The van der Waals surface area contributed by atoms with Crippen LogP contribution in [0, 0.1) is 10.6 Å². The van der Waals surface area contributed by atoms with Crippen molar-refractivity contribution in [1.29, 1.82) is 0 Å². The summed E-state index contributed by atoms with van der Waals surface area (Å²) >= 11 is 1.99. The molecule has 1 heterocycles. The van der Waals surface area contributed by atoms with Gasteiger partial charge in [-0.2, -0.15) is 0 Å². The lowest BCUT2D eigenvalue weighted by Gasteiger charge is -2.04. The molecule has 0 saturated carbocycles. The molecule has 0 saturated heterocycles. The highest BCUT2D eigenvalue weighted by Crippen LogP contribution is 2.14. The van der Waals surface area contributed by atoms with Crippen LogP contribution < -0.4 is 0 Å². The van der Waals surface area contributed by atoms with Gasteiger partial charge in [-0.05, 0) is 41.1 Å². The van der Waals surface area contributed by atoms with E-state index in [1.807, 2.05) is 40.8 Å². The standard InChI is InChI=1S/C12H11IN2O2S/c1-9-7-11(13)15-12(14-9)18(16,17)8-10-5-3-2-4-6-10/h2-7H,8H2,1H3. The van der Waals surface area contributed by atoms with Crippen molar-refractivity contribution in [1.82, 2.24) is 9.97 Å². The van der Waals surface area contributed by atoms with Crippen LogP contribution in [0.3, 0.4) is 0 Å². The number of benzene rings is 1. The first-order valence-corrected chi connectivity index (χ1v) is 7.98. The van der Waals surface area contributed by atoms with Gasteiger partial charge in [0.2, 0.25) is 15.0 Å². The summed E-state index contributed by atoms with van der Waals surface area (Å²) < 4.78 is 25.0. The SMILES string of the molecule is Cc1cc(I)nc(S(=O)(=O)Cc2ccccc2)n1. The third-order valence-electron chi connectivity index (χ3n) is 2.28. The fourth-order valence-corrected chi connectivity index (χ4v) is 3.63. The van der Waals surface area contributed by atoms with E-state index in [0.29, 0.717) is 9.39 Å². The topological polar surface area (TPSA) is 59.9 Å². The van der Waals surface area contributed by atoms with E-state index in [1.54, 1.807) is 25.1 Å². The van der Waals surface area contributed by atoms with Crippen LogP contribution in [0.25, 0.3) is 0 Å². The Kier molecular flexibility index (Phi) is 3.96. The van der Waals surface area contributed by atoms with Crippen LogP contribution >= 0.6 is 22.6 Å². The van der Waals surface area contributed by atoms with E-state index in [-0.39, 0.29) is 10.9 Å². The fraction of sp³-hybridized carbons (Fsp3) is 0.167. The van der Waals surface area contributed by atoms with Crippen molar-refractivity contribution in [3.05, 3.63) is 51.4 Å². The van der Waals surface area contributed by atoms with E-state index in [9.17, 15) is 8.42 Å². The second kappa shape index (κ2) is 5.31. The molecule has 0 aliphatic rings. The predicted molar refractivity (Wildman–Crippen MR) is 76.8 cm³/mol. The molecule has 0 bridgehead atoms. The van der Waals surface area contributed by atoms with Crippen LogP contribution in [0.15, 0.2) is 41.6 Å². The number of sulfone groups is 1. The largest absolute Gasteiger partial charge is 0.248 e. The summed E-state index contributed by atoms with van der Waals surface area (Å²) in [7, 11) is -3.49. The maximum Gasteiger partial charge on any atom is 0.248 e. The summed E-state index contributed by atoms with van der Waals surface area (Å²) in [5.74, 6) is -0.0760. The summed E-state index contributed by atoms with van der Waals surface area (Å²) in [6, 6.07) is 10.8. The van der Waals surface area contributed by atoms with E-state index >= 15 is 0 Å². The molecule has 2 rings (SSSR count). The Hall–Kier alpha value is -1.02. The lowest BCUT2D eigenvalue weighted by molar-refractivity contribution is 0.584. The first-order valence-electron chi connectivity index (χ1n) is 5.25. The van der Waals surface area contributed by atoms with Gasteiger partial charge in [0.25, 0.3) is 0 Å². The molecule has 0 spiro atoms. The van der Waals surface area contributed by atoms with E-state index in [0.717, 1.165) is 5.56 Å². The van der Waals surface area contributed by atoms with Crippen LogP contribution in [-0.4, -0.2) is 18.4 Å². The molecule has 1 aromatic heterocycles. The molecule has 94 valence electrons. The zero-order valence-electron chi connectivity index (χ0n) is 9.67. The van der Waals surface area contributed by atoms with Gasteiger partial charge in [0, 0.05) is 5.69 Å². The highest BCUT2D eigenvalue weighted by atomic mass is 127. The van der Waals surface area contributed by atoms with E-state index in [2.05, 4.69) is 9.97 Å². The van der Waals surface area contributed by atoms with Crippen molar-refractivity contribution < 1.29 is 8.42 Å². The van der Waals surface area contributed by atoms with Gasteiger partial charge in [-0.1, -0.05) is 30.3 Å². The molecule has 0 fully saturated rings. The number of aromatic nitrogens is 2. The smallest absolute Gasteiger partial charge is 0.224 e. The summed E-state index contributed by atoms with van der Waals surface area (Å²) in [6.45, 7) is 1.76. The second-order valence-corrected chi connectivity index (χ2v) is 6.85. The Morgan fingerprint density at radius 2 is 1.83 bits per heavy atom. The second-order valence-electron chi connectivity index (χ2n) is 3.86. The van der Waals surface area contributed by atoms with Crippen molar-refractivity contribution in [3.8, 4) is 0 Å². The zero-order chi connectivity index (χ0) is 13.2. The highest BCUT2D eigenvalue weighted by Gasteiger charge is 2.19. The minimum absolute atomic E-state index is 0.0760. The number of rotatable bonds is 3. The van der Waals surface area contributed by atoms with Crippen molar-refractivity contribution in [2.75, 3.05) is 0 Å². The van der Waals surface area contributed by atoms with E-state index < -0.39 is 9.84 Å². The Morgan fingerprint density at radius 1 is 1.17 bits per heavy atom. The average molecular weight is 374 g/mol. The lowest BCUT2D eigenvalue weighted by atomic mass is 10.2. The minimum atomic E-state index is -3.49. The highest BCUT2D eigenvalue weighted by molar-refractivity contribution is 14.1. The summed E-state index contributed by atoms with van der Waals surface area (Å²) in [4.78, 5) is 7.99. The fourth-order valence-electron chi connectivity index (χ4n) is 1.50. The monoisotopic (exact) mass is 374 g/mol. The van der Waals surface area contributed by atoms with E-state index in [4.69, 9.17) is 0 Å². The quantitative estimate of drug-likeness (QED) is 0.470. The normalized spacial score (nSPS) is 11.4. The Labute approximate surface area is 120 Å². The van der Waals surface area contributed by atoms with Crippen LogP contribution in [0.1, 0.15) is 11.3 Å². The molecule has 2 aromatic rings. The Balaban J connectivity index is 2.37. The molecule has 1 aromatic carbocycles. The molecule has 0 N–H and O–H groups in total. The molecule has 0 amide bonds. The third kappa shape index (κ3) is 3.26. The molecule has 4 nitrogen and oxygen atoms in total. The van der Waals surface area contributed by atoms with Crippen LogP contribution in [0.4, 0.5) is 0 Å². The van der Waals surface area contributed by atoms with E-state index in [1.165, 1.54) is 0 Å². The van der Waals surface area contributed by atoms with Gasteiger partial charge in [-0.3, -0.25) is 0 Å². The van der Waals surface area contributed by atoms with Gasteiger partial charge < -0.3 is 0 Å². The van der Waals surface area contributed by atoms with Crippen molar-refractivity contribution in [2.45, 2.75) is 17.8 Å². The molecule has 18 heavy (non-hydrogen) atoms. The molecule has 6 heteroatoms. The predicted octanol–water partition coefficient (Wildman–Crippen LogP) is 2.36. The molecule has 0 aliphatic heterocycles. The lowest BCUT2D eigenvalue weighted by Crippen LogP contribution is -2.11. The van der Waals surface area contributed by atoms with Gasteiger partial charge in [0.05, 0.1) is 5.75 Å². The van der Waals surface area contributed by atoms with Crippen molar-refractivity contribution in [2.24, 2.45) is 0 Å². The van der Waals surface area contributed by atoms with Gasteiger partial charge >= 0.3 is 0 Å². The van der Waals surface area contributed by atoms with Crippen molar-refractivity contribution in [3.63, 3.8) is 0 Å². The number of hydrogen-bond acceptors (Lipinski definition) is 4. The van der Waals surface area contributed by atoms with Crippen LogP contribution in [0.2, 0.25) is 0 Å². The number of aryl methyl sites for hydroxylation is 1. The Bertz CT molecular complexity index is 637. The maximum absolute atomic E-state index is 12.2. The zero-order valence-corrected chi connectivity index (χ0v) is 12.6. The molecule has 0 radical (unpaired) electrons. The summed E-state index contributed by atoms with van der Waals surface area (Å²) in [5.41, 5.74) is 1.39. The minimum Gasteiger partial charge on any atom is -0.224 e. The van der Waals surface area contributed by atoms with Gasteiger partial charge in [0.1, 0.15) is 3.70 Å². The molecule has 0 unspecified atom stereocenters. The molecule has 0 atom stereocenters. The molecular weight excluding hydrogens is 363 g/mol. The first-order chi connectivity index (χ1) is 8.47. The third-order valence-corrected chi connectivity index (χ3v) is 4.29. The van der Waals surface area contributed by atoms with Gasteiger partial charge in [-0.15, -0.1) is 0 Å². The van der Waals surface area contributed by atoms with Crippen LogP contribution in [-0.2, 0) is 15.6 Å². The first kappa shape index (κ1) is 13.4. The molecular formula is C12H11IN2O2S. The number of halogens is 1. The maximum atomic E-state index is 12.2. The molecule has 0 aliphatic carbocycles. The number of nitrogens with zero attached hydrogens (tertiary/aromatic N) is 2. The Morgan fingerprint density at radius 3 is 2.44 bits per heavy atom.